The highest BCUT2D eigenvalue weighted by Gasteiger charge is 2.08. The molecule has 0 aliphatic heterocycles. The first-order valence-corrected chi connectivity index (χ1v) is 5.85. The quantitative estimate of drug-likeness (QED) is 0.610. The molecule has 0 aliphatic carbocycles. The minimum atomic E-state index is 0.398. The molecule has 2 nitrogen and oxygen atoms in total. The van der Waals surface area contributed by atoms with Crippen LogP contribution in [-0.4, -0.2) is 26.3 Å². The van der Waals surface area contributed by atoms with Gasteiger partial charge in [0.1, 0.15) is 0 Å². The number of rotatable bonds is 8. The van der Waals surface area contributed by atoms with Crippen molar-refractivity contribution in [3.63, 3.8) is 0 Å². The highest BCUT2D eigenvalue weighted by molar-refractivity contribution is 4.59. The van der Waals surface area contributed by atoms with E-state index in [1.54, 1.807) is 0 Å². The van der Waals surface area contributed by atoms with E-state index in [0.29, 0.717) is 5.41 Å². The first-order chi connectivity index (χ1) is 6.56. The fraction of sp³-hybridized carbons (Fsp3) is 1.00. The van der Waals surface area contributed by atoms with Crippen LogP contribution in [0, 0.1) is 5.41 Å². The summed E-state index contributed by atoms with van der Waals surface area (Å²) in [7, 11) is 0. The van der Waals surface area contributed by atoms with Gasteiger partial charge < -0.3 is 10.1 Å². The van der Waals surface area contributed by atoms with E-state index in [-0.39, 0.29) is 0 Å². The second-order valence-electron chi connectivity index (χ2n) is 5.03. The van der Waals surface area contributed by atoms with E-state index in [0.717, 1.165) is 32.7 Å². The first-order valence-electron chi connectivity index (χ1n) is 5.85. The maximum absolute atomic E-state index is 5.53. The Morgan fingerprint density at radius 2 is 1.79 bits per heavy atom. The summed E-state index contributed by atoms with van der Waals surface area (Å²) in [5.41, 5.74) is 0.398. The van der Waals surface area contributed by atoms with Gasteiger partial charge in [-0.15, -0.1) is 0 Å². The molecule has 2 heteroatoms. The van der Waals surface area contributed by atoms with Crippen LogP contribution in [0.5, 0.6) is 0 Å². The van der Waals surface area contributed by atoms with Crippen molar-refractivity contribution >= 4 is 0 Å². The SMILES string of the molecule is CCCCNCCOCCC(C)(C)C. The number of ether oxygens (including phenoxy) is 1. The lowest BCUT2D eigenvalue weighted by atomic mass is 9.93. The lowest BCUT2D eigenvalue weighted by Gasteiger charge is -2.17. The number of hydrogen-bond donors (Lipinski definition) is 1. The van der Waals surface area contributed by atoms with Crippen LogP contribution < -0.4 is 5.32 Å². The molecule has 0 aliphatic rings. The zero-order valence-corrected chi connectivity index (χ0v) is 10.4. The van der Waals surface area contributed by atoms with Crippen LogP contribution in [-0.2, 0) is 4.74 Å². The topological polar surface area (TPSA) is 21.3 Å². The van der Waals surface area contributed by atoms with Crippen LogP contribution in [0.15, 0.2) is 0 Å². The van der Waals surface area contributed by atoms with Gasteiger partial charge in [0.25, 0.3) is 0 Å². The predicted octanol–water partition coefficient (Wildman–Crippen LogP) is 2.83. The third-order valence-electron chi connectivity index (χ3n) is 2.13. The van der Waals surface area contributed by atoms with Crippen LogP contribution in [0.4, 0.5) is 0 Å². The fourth-order valence-corrected chi connectivity index (χ4v) is 1.05. The first kappa shape index (κ1) is 13.9. The molecule has 86 valence electrons. The van der Waals surface area contributed by atoms with E-state index in [4.69, 9.17) is 4.74 Å². The summed E-state index contributed by atoms with van der Waals surface area (Å²) in [5.74, 6) is 0. The Labute approximate surface area is 89.4 Å². The Morgan fingerprint density at radius 1 is 1.07 bits per heavy atom. The van der Waals surface area contributed by atoms with Crippen LogP contribution in [0.25, 0.3) is 0 Å². The highest BCUT2D eigenvalue weighted by atomic mass is 16.5. The average molecular weight is 201 g/mol. The number of unbranched alkanes of at least 4 members (excludes halogenated alkanes) is 1. The fourth-order valence-electron chi connectivity index (χ4n) is 1.05. The summed E-state index contributed by atoms with van der Waals surface area (Å²) in [4.78, 5) is 0. The summed E-state index contributed by atoms with van der Waals surface area (Å²) in [6, 6.07) is 0. The molecule has 0 saturated heterocycles. The molecule has 0 atom stereocenters. The molecule has 0 saturated carbocycles. The minimum Gasteiger partial charge on any atom is -0.380 e. The second-order valence-corrected chi connectivity index (χ2v) is 5.03. The summed E-state index contributed by atoms with van der Waals surface area (Å²) in [6.45, 7) is 12.8. The van der Waals surface area contributed by atoms with Gasteiger partial charge in [0.15, 0.2) is 0 Å². The maximum Gasteiger partial charge on any atom is 0.0590 e. The van der Waals surface area contributed by atoms with Gasteiger partial charge in [0.2, 0.25) is 0 Å². The van der Waals surface area contributed by atoms with Crippen LogP contribution in [0.2, 0.25) is 0 Å². The van der Waals surface area contributed by atoms with Crippen molar-refractivity contribution in [3.05, 3.63) is 0 Å². The van der Waals surface area contributed by atoms with Crippen LogP contribution >= 0.6 is 0 Å². The normalized spacial score (nSPS) is 12.0. The molecule has 1 N–H and O–H groups in total. The lowest BCUT2D eigenvalue weighted by molar-refractivity contribution is 0.110. The van der Waals surface area contributed by atoms with E-state index in [1.807, 2.05) is 0 Å². The molecule has 0 rings (SSSR count). The maximum atomic E-state index is 5.53. The molecule has 0 radical (unpaired) electrons. The summed E-state index contributed by atoms with van der Waals surface area (Å²) < 4.78 is 5.53. The summed E-state index contributed by atoms with van der Waals surface area (Å²) in [5, 5.41) is 3.36. The van der Waals surface area contributed by atoms with E-state index in [1.165, 1.54) is 12.8 Å². The van der Waals surface area contributed by atoms with Crippen LogP contribution in [0.1, 0.15) is 47.0 Å². The summed E-state index contributed by atoms with van der Waals surface area (Å²) in [6.07, 6.45) is 3.67. The number of nitrogens with one attached hydrogen (secondary N) is 1. The smallest absolute Gasteiger partial charge is 0.0590 e. The Bertz CT molecular complexity index is 118. The molecule has 0 fully saturated rings. The van der Waals surface area contributed by atoms with Gasteiger partial charge in [-0.3, -0.25) is 0 Å². The van der Waals surface area contributed by atoms with Gasteiger partial charge in [-0.1, -0.05) is 34.1 Å². The van der Waals surface area contributed by atoms with Crippen molar-refractivity contribution < 1.29 is 4.74 Å². The largest absolute Gasteiger partial charge is 0.380 e. The molecule has 0 amide bonds. The Morgan fingerprint density at radius 3 is 2.36 bits per heavy atom. The van der Waals surface area contributed by atoms with Crippen molar-refractivity contribution in [1.82, 2.24) is 5.32 Å². The molecule has 0 heterocycles. The van der Waals surface area contributed by atoms with Gasteiger partial charge >= 0.3 is 0 Å². The zero-order valence-electron chi connectivity index (χ0n) is 10.4. The average Bonchev–Trinajstić information content (AvgIpc) is 2.08. The van der Waals surface area contributed by atoms with Gasteiger partial charge in [-0.25, -0.2) is 0 Å². The molecular formula is C12H27NO. The van der Waals surface area contributed by atoms with E-state index in [2.05, 4.69) is 33.0 Å². The Balaban J connectivity index is 2.99. The van der Waals surface area contributed by atoms with Crippen molar-refractivity contribution in [1.29, 1.82) is 0 Å². The second kappa shape index (κ2) is 8.25. The van der Waals surface area contributed by atoms with Gasteiger partial charge in [-0.2, -0.15) is 0 Å². The molecule has 0 aromatic carbocycles. The van der Waals surface area contributed by atoms with E-state index >= 15 is 0 Å². The van der Waals surface area contributed by atoms with Crippen molar-refractivity contribution in [2.24, 2.45) is 5.41 Å². The van der Waals surface area contributed by atoms with Crippen LogP contribution in [0.3, 0.4) is 0 Å². The van der Waals surface area contributed by atoms with Crippen molar-refractivity contribution in [2.45, 2.75) is 47.0 Å². The van der Waals surface area contributed by atoms with E-state index < -0.39 is 0 Å². The van der Waals surface area contributed by atoms with Crippen molar-refractivity contribution in [2.75, 3.05) is 26.3 Å². The lowest BCUT2D eigenvalue weighted by Crippen LogP contribution is -2.21. The minimum absolute atomic E-state index is 0.398. The van der Waals surface area contributed by atoms with Crippen molar-refractivity contribution in [3.8, 4) is 0 Å². The monoisotopic (exact) mass is 201 g/mol. The number of hydrogen-bond acceptors (Lipinski definition) is 2. The molecule has 0 aromatic heterocycles. The third-order valence-corrected chi connectivity index (χ3v) is 2.13. The predicted molar refractivity (Wildman–Crippen MR) is 62.7 cm³/mol. The molecule has 14 heavy (non-hydrogen) atoms. The molecule has 0 spiro atoms. The molecular weight excluding hydrogens is 174 g/mol. The standard InChI is InChI=1S/C12H27NO/c1-5-6-8-13-9-11-14-10-7-12(2,3)4/h13H,5-11H2,1-4H3. The molecule has 0 aromatic rings. The zero-order chi connectivity index (χ0) is 10.9. The molecule has 0 unspecified atom stereocenters. The van der Waals surface area contributed by atoms with Gasteiger partial charge in [0.05, 0.1) is 6.61 Å². The highest BCUT2D eigenvalue weighted by Crippen LogP contribution is 2.17. The summed E-state index contributed by atoms with van der Waals surface area (Å²) >= 11 is 0. The Hall–Kier alpha value is -0.0800. The molecule has 0 bridgehead atoms. The van der Waals surface area contributed by atoms with Gasteiger partial charge in [-0.05, 0) is 24.8 Å². The van der Waals surface area contributed by atoms with E-state index in [9.17, 15) is 0 Å². The Kier molecular flexibility index (Phi) is 8.20. The van der Waals surface area contributed by atoms with Gasteiger partial charge in [0, 0.05) is 13.2 Å². The third kappa shape index (κ3) is 11.9.